The largest absolute Gasteiger partial charge is 0.508 e. The summed E-state index contributed by atoms with van der Waals surface area (Å²) in [6, 6.07) is 12.5. The van der Waals surface area contributed by atoms with E-state index >= 15 is 0 Å². The second-order valence-corrected chi connectivity index (χ2v) is 4.93. The van der Waals surface area contributed by atoms with Crippen molar-refractivity contribution in [3.05, 3.63) is 58.1 Å². The van der Waals surface area contributed by atoms with E-state index in [9.17, 15) is 5.11 Å². The number of phenolic OH excluding ortho intramolecular Hbond substituents is 1. The lowest BCUT2D eigenvalue weighted by atomic mass is 10.1. The van der Waals surface area contributed by atoms with Gasteiger partial charge in [-0.2, -0.15) is 0 Å². The van der Waals surface area contributed by atoms with Gasteiger partial charge in [0.15, 0.2) is 0 Å². The van der Waals surface area contributed by atoms with Crippen molar-refractivity contribution < 1.29 is 5.11 Å². The van der Waals surface area contributed by atoms with Crippen molar-refractivity contribution in [1.82, 2.24) is 0 Å². The number of nitrogens with one attached hydrogen (secondary N) is 1. The summed E-state index contributed by atoms with van der Waals surface area (Å²) in [4.78, 5) is 0. The van der Waals surface area contributed by atoms with E-state index in [0.717, 1.165) is 11.3 Å². The molecular formula is C14H13Cl2NO. The van der Waals surface area contributed by atoms with Gasteiger partial charge in [0.05, 0.1) is 10.7 Å². The van der Waals surface area contributed by atoms with Crippen molar-refractivity contribution in [2.24, 2.45) is 0 Å². The molecule has 2 nitrogen and oxygen atoms in total. The van der Waals surface area contributed by atoms with Gasteiger partial charge in [0.25, 0.3) is 0 Å². The standard InChI is InChI=1S/C14H13Cl2NO/c1-9(10-3-2-4-12(18)7-10)17-14-6-5-11(15)8-13(14)16/h2-9,17-18H,1H3. The van der Waals surface area contributed by atoms with Gasteiger partial charge in [-0.05, 0) is 42.8 Å². The van der Waals surface area contributed by atoms with E-state index in [1.165, 1.54) is 0 Å². The molecule has 0 heterocycles. The number of aromatic hydroxyl groups is 1. The molecule has 2 N–H and O–H groups in total. The third kappa shape index (κ3) is 3.09. The highest BCUT2D eigenvalue weighted by molar-refractivity contribution is 6.36. The van der Waals surface area contributed by atoms with Crippen LogP contribution in [0.4, 0.5) is 5.69 Å². The summed E-state index contributed by atoms with van der Waals surface area (Å²) in [6.07, 6.45) is 0. The van der Waals surface area contributed by atoms with Crippen molar-refractivity contribution in [1.29, 1.82) is 0 Å². The molecule has 0 radical (unpaired) electrons. The summed E-state index contributed by atoms with van der Waals surface area (Å²) in [6.45, 7) is 2.00. The van der Waals surface area contributed by atoms with Gasteiger partial charge < -0.3 is 10.4 Å². The van der Waals surface area contributed by atoms with Crippen LogP contribution in [0.3, 0.4) is 0 Å². The van der Waals surface area contributed by atoms with Gasteiger partial charge >= 0.3 is 0 Å². The molecule has 2 rings (SSSR count). The maximum Gasteiger partial charge on any atom is 0.115 e. The van der Waals surface area contributed by atoms with Crippen LogP contribution in [0.25, 0.3) is 0 Å². The average molecular weight is 282 g/mol. The molecule has 0 fully saturated rings. The maximum atomic E-state index is 9.45. The third-order valence-electron chi connectivity index (χ3n) is 2.67. The highest BCUT2D eigenvalue weighted by Gasteiger charge is 2.08. The van der Waals surface area contributed by atoms with Crippen LogP contribution in [0, 0.1) is 0 Å². The lowest BCUT2D eigenvalue weighted by Gasteiger charge is -2.17. The van der Waals surface area contributed by atoms with E-state index in [2.05, 4.69) is 5.32 Å². The van der Waals surface area contributed by atoms with Crippen molar-refractivity contribution in [3.8, 4) is 5.75 Å². The van der Waals surface area contributed by atoms with Crippen molar-refractivity contribution in [2.75, 3.05) is 5.32 Å². The molecule has 0 aliphatic rings. The highest BCUT2D eigenvalue weighted by atomic mass is 35.5. The molecule has 1 unspecified atom stereocenters. The minimum absolute atomic E-state index is 0.0378. The molecule has 18 heavy (non-hydrogen) atoms. The molecule has 0 aliphatic carbocycles. The van der Waals surface area contributed by atoms with E-state index in [4.69, 9.17) is 23.2 Å². The van der Waals surface area contributed by atoms with E-state index in [-0.39, 0.29) is 11.8 Å². The molecule has 0 amide bonds. The first-order valence-electron chi connectivity index (χ1n) is 5.57. The van der Waals surface area contributed by atoms with Gasteiger partial charge in [0.1, 0.15) is 5.75 Å². The lowest BCUT2D eigenvalue weighted by molar-refractivity contribution is 0.474. The van der Waals surface area contributed by atoms with E-state index < -0.39 is 0 Å². The predicted octanol–water partition coefficient (Wildman–Crippen LogP) is 4.87. The van der Waals surface area contributed by atoms with Crippen LogP contribution in [0.1, 0.15) is 18.5 Å². The Balaban J connectivity index is 2.18. The molecule has 1 atom stereocenters. The van der Waals surface area contributed by atoms with Crippen LogP contribution in [0.2, 0.25) is 10.0 Å². The van der Waals surface area contributed by atoms with Gasteiger partial charge in [0, 0.05) is 11.1 Å². The highest BCUT2D eigenvalue weighted by Crippen LogP contribution is 2.29. The van der Waals surface area contributed by atoms with Crippen LogP contribution in [-0.4, -0.2) is 5.11 Å². The summed E-state index contributed by atoms with van der Waals surface area (Å²) in [5, 5.41) is 13.9. The fraction of sp³-hybridized carbons (Fsp3) is 0.143. The minimum Gasteiger partial charge on any atom is -0.508 e. The Morgan fingerprint density at radius 3 is 2.56 bits per heavy atom. The second-order valence-electron chi connectivity index (χ2n) is 4.09. The molecular weight excluding hydrogens is 269 g/mol. The van der Waals surface area contributed by atoms with Gasteiger partial charge in [-0.15, -0.1) is 0 Å². The molecule has 2 aromatic rings. The molecule has 0 bridgehead atoms. The lowest BCUT2D eigenvalue weighted by Crippen LogP contribution is -2.06. The molecule has 0 aliphatic heterocycles. The van der Waals surface area contributed by atoms with Crippen LogP contribution in [0.15, 0.2) is 42.5 Å². The molecule has 0 saturated carbocycles. The summed E-state index contributed by atoms with van der Waals surface area (Å²) >= 11 is 11.9. The van der Waals surface area contributed by atoms with Crippen LogP contribution >= 0.6 is 23.2 Å². The molecule has 4 heteroatoms. The SMILES string of the molecule is CC(Nc1ccc(Cl)cc1Cl)c1cccc(O)c1. The predicted molar refractivity (Wildman–Crippen MR) is 76.6 cm³/mol. The fourth-order valence-electron chi connectivity index (χ4n) is 1.72. The topological polar surface area (TPSA) is 32.3 Å². The Labute approximate surface area is 116 Å². The van der Waals surface area contributed by atoms with Crippen LogP contribution < -0.4 is 5.32 Å². The number of hydrogen-bond acceptors (Lipinski definition) is 2. The Kier molecular flexibility index (Phi) is 4.00. The van der Waals surface area contributed by atoms with Gasteiger partial charge in [-0.1, -0.05) is 35.3 Å². The van der Waals surface area contributed by atoms with Gasteiger partial charge in [0.2, 0.25) is 0 Å². The second kappa shape index (κ2) is 5.51. The first-order chi connectivity index (χ1) is 8.56. The number of hydrogen-bond donors (Lipinski definition) is 2. The van der Waals surface area contributed by atoms with Crippen molar-refractivity contribution >= 4 is 28.9 Å². The monoisotopic (exact) mass is 281 g/mol. The van der Waals surface area contributed by atoms with Crippen LogP contribution in [0.5, 0.6) is 5.75 Å². The first-order valence-corrected chi connectivity index (χ1v) is 6.32. The van der Waals surface area contributed by atoms with Gasteiger partial charge in [-0.25, -0.2) is 0 Å². The maximum absolute atomic E-state index is 9.45. The molecule has 0 saturated heterocycles. The van der Waals surface area contributed by atoms with Crippen LogP contribution in [-0.2, 0) is 0 Å². The number of anilines is 1. The number of halogens is 2. The number of rotatable bonds is 3. The number of benzene rings is 2. The third-order valence-corrected chi connectivity index (χ3v) is 3.22. The zero-order chi connectivity index (χ0) is 13.1. The number of phenols is 1. The summed E-state index contributed by atoms with van der Waals surface area (Å²) in [5.74, 6) is 0.253. The Hall–Kier alpha value is -1.38. The molecule has 0 spiro atoms. The zero-order valence-electron chi connectivity index (χ0n) is 9.82. The van der Waals surface area contributed by atoms with Crippen molar-refractivity contribution in [3.63, 3.8) is 0 Å². The van der Waals surface area contributed by atoms with E-state index in [1.807, 2.05) is 25.1 Å². The normalized spacial score (nSPS) is 12.2. The average Bonchev–Trinajstić information content (AvgIpc) is 2.32. The van der Waals surface area contributed by atoms with Gasteiger partial charge in [-0.3, -0.25) is 0 Å². The Morgan fingerprint density at radius 2 is 1.89 bits per heavy atom. The molecule has 2 aromatic carbocycles. The Bertz CT molecular complexity index is 557. The minimum atomic E-state index is 0.0378. The van der Waals surface area contributed by atoms with E-state index in [0.29, 0.717) is 10.0 Å². The summed E-state index contributed by atoms with van der Waals surface area (Å²) in [7, 11) is 0. The summed E-state index contributed by atoms with van der Waals surface area (Å²) < 4.78 is 0. The quantitative estimate of drug-likeness (QED) is 0.841. The van der Waals surface area contributed by atoms with E-state index in [1.54, 1.807) is 24.3 Å². The summed E-state index contributed by atoms with van der Waals surface area (Å²) in [5.41, 5.74) is 1.80. The fourth-order valence-corrected chi connectivity index (χ4v) is 2.18. The molecule has 0 aromatic heterocycles. The van der Waals surface area contributed by atoms with Crippen molar-refractivity contribution in [2.45, 2.75) is 13.0 Å². The smallest absolute Gasteiger partial charge is 0.115 e. The first kappa shape index (κ1) is 13.1. The zero-order valence-corrected chi connectivity index (χ0v) is 11.3. The molecule has 94 valence electrons. The Morgan fingerprint density at radius 1 is 1.11 bits per heavy atom.